The molecule has 4 nitrogen and oxygen atoms in total. The molecule has 1 aliphatic heterocycles. The van der Waals surface area contributed by atoms with Gasteiger partial charge in [-0.2, -0.15) is 13.2 Å². The van der Waals surface area contributed by atoms with E-state index < -0.39 is 29.4 Å². The molecular formula is C19H16F4N2O2. The van der Waals surface area contributed by atoms with Crippen LogP contribution in [-0.4, -0.2) is 23.3 Å². The van der Waals surface area contributed by atoms with Crippen molar-refractivity contribution in [2.24, 2.45) is 5.92 Å². The number of rotatable bonds is 4. The van der Waals surface area contributed by atoms with Crippen LogP contribution < -0.4 is 5.32 Å². The van der Waals surface area contributed by atoms with Crippen LogP contribution in [0.25, 0.3) is 0 Å². The number of carbonyl (C=O) groups is 2. The van der Waals surface area contributed by atoms with E-state index in [1.54, 1.807) is 18.2 Å². The van der Waals surface area contributed by atoms with Crippen molar-refractivity contribution in [1.29, 1.82) is 0 Å². The minimum absolute atomic E-state index is 0.0269. The SMILES string of the molecule is O=C(Nc1ccc(C(F)(F)F)cc1)C1CC(=O)N(Cc2ccccc2F)C1. The highest BCUT2D eigenvalue weighted by Crippen LogP contribution is 2.30. The third kappa shape index (κ3) is 4.45. The summed E-state index contributed by atoms with van der Waals surface area (Å²) in [6.07, 6.45) is -4.48. The van der Waals surface area contributed by atoms with Gasteiger partial charge in [-0.15, -0.1) is 0 Å². The molecule has 1 atom stereocenters. The fourth-order valence-corrected chi connectivity index (χ4v) is 2.92. The maximum atomic E-state index is 13.7. The molecule has 2 aromatic rings. The average Bonchev–Trinajstić information content (AvgIpc) is 2.97. The largest absolute Gasteiger partial charge is 0.416 e. The van der Waals surface area contributed by atoms with Gasteiger partial charge in [-0.1, -0.05) is 18.2 Å². The number of hydrogen-bond acceptors (Lipinski definition) is 2. The Morgan fingerprint density at radius 1 is 1.11 bits per heavy atom. The Hall–Kier alpha value is -2.90. The van der Waals surface area contributed by atoms with Gasteiger partial charge in [0.2, 0.25) is 11.8 Å². The fraction of sp³-hybridized carbons (Fsp3) is 0.263. The van der Waals surface area contributed by atoms with Crippen molar-refractivity contribution in [1.82, 2.24) is 4.90 Å². The van der Waals surface area contributed by atoms with Gasteiger partial charge in [0.15, 0.2) is 0 Å². The van der Waals surface area contributed by atoms with E-state index in [0.29, 0.717) is 5.56 Å². The van der Waals surface area contributed by atoms with E-state index in [1.807, 2.05) is 0 Å². The summed E-state index contributed by atoms with van der Waals surface area (Å²) in [6, 6.07) is 10.1. The van der Waals surface area contributed by atoms with Crippen LogP contribution in [0, 0.1) is 11.7 Å². The Kier molecular flexibility index (Phi) is 5.16. The van der Waals surface area contributed by atoms with E-state index in [9.17, 15) is 27.2 Å². The number of benzene rings is 2. The molecular weight excluding hydrogens is 364 g/mol. The average molecular weight is 380 g/mol. The summed E-state index contributed by atoms with van der Waals surface area (Å²) in [5.74, 6) is -1.81. The lowest BCUT2D eigenvalue weighted by molar-refractivity contribution is -0.137. The van der Waals surface area contributed by atoms with Crippen molar-refractivity contribution >= 4 is 17.5 Å². The minimum Gasteiger partial charge on any atom is -0.337 e. The van der Waals surface area contributed by atoms with Gasteiger partial charge < -0.3 is 10.2 Å². The molecule has 3 rings (SSSR count). The van der Waals surface area contributed by atoms with Crippen molar-refractivity contribution in [3.05, 3.63) is 65.5 Å². The summed E-state index contributed by atoms with van der Waals surface area (Å²) in [5, 5.41) is 2.52. The van der Waals surface area contributed by atoms with E-state index in [1.165, 1.54) is 11.0 Å². The highest BCUT2D eigenvalue weighted by molar-refractivity contribution is 5.97. The van der Waals surface area contributed by atoms with Gasteiger partial charge in [0.25, 0.3) is 0 Å². The second kappa shape index (κ2) is 7.38. The second-order valence-corrected chi connectivity index (χ2v) is 6.33. The highest BCUT2D eigenvalue weighted by Gasteiger charge is 2.35. The van der Waals surface area contributed by atoms with Crippen LogP contribution in [0.4, 0.5) is 23.2 Å². The lowest BCUT2D eigenvalue weighted by Gasteiger charge is -2.17. The summed E-state index contributed by atoms with van der Waals surface area (Å²) < 4.78 is 51.4. The first-order valence-corrected chi connectivity index (χ1v) is 8.23. The second-order valence-electron chi connectivity index (χ2n) is 6.33. The zero-order valence-corrected chi connectivity index (χ0v) is 14.1. The van der Waals surface area contributed by atoms with Crippen LogP contribution in [0.15, 0.2) is 48.5 Å². The molecule has 1 unspecified atom stereocenters. The molecule has 0 spiro atoms. The van der Waals surface area contributed by atoms with E-state index >= 15 is 0 Å². The Balaban J connectivity index is 1.61. The number of anilines is 1. The van der Waals surface area contributed by atoms with Gasteiger partial charge in [-0.05, 0) is 30.3 Å². The molecule has 0 saturated carbocycles. The predicted octanol–water partition coefficient (Wildman–Crippen LogP) is 3.83. The molecule has 1 N–H and O–H groups in total. The topological polar surface area (TPSA) is 49.4 Å². The van der Waals surface area contributed by atoms with E-state index in [2.05, 4.69) is 5.32 Å². The van der Waals surface area contributed by atoms with Crippen molar-refractivity contribution in [2.45, 2.75) is 19.1 Å². The van der Waals surface area contributed by atoms with Crippen LogP contribution in [-0.2, 0) is 22.3 Å². The molecule has 2 aromatic carbocycles. The number of hydrogen-bond donors (Lipinski definition) is 1. The number of carbonyl (C=O) groups excluding carboxylic acids is 2. The highest BCUT2D eigenvalue weighted by atomic mass is 19.4. The summed E-state index contributed by atoms with van der Waals surface area (Å²) in [6.45, 7) is 0.190. The molecule has 8 heteroatoms. The van der Waals surface area contributed by atoms with Crippen LogP contribution in [0.3, 0.4) is 0 Å². The molecule has 1 saturated heterocycles. The molecule has 0 aromatic heterocycles. The van der Waals surface area contributed by atoms with E-state index in [4.69, 9.17) is 0 Å². The molecule has 142 valence electrons. The predicted molar refractivity (Wildman–Crippen MR) is 90.0 cm³/mol. The Bertz CT molecular complexity index is 850. The first-order valence-electron chi connectivity index (χ1n) is 8.23. The van der Waals surface area contributed by atoms with Crippen LogP contribution in [0.2, 0.25) is 0 Å². The maximum Gasteiger partial charge on any atom is 0.416 e. The van der Waals surface area contributed by atoms with Crippen LogP contribution in [0.5, 0.6) is 0 Å². The molecule has 2 amide bonds. The van der Waals surface area contributed by atoms with Gasteiger partial charge in [0.05, 0.1) is 11.5 Å². The molecule has 1 fully saturated rings. The quantitative estimate of drug-likeness (QED) is 0.820. The number of halogens is 4. The van der Waals surface area contributed by atoms with Crippen molar-refractivity contribution < 1.29 is 27.2 Å². The third-order valence-corrected chi connectivity index (χ3v) is 4.38. The molecule has 0 radical (unpaired) electrons. The fourth-order valence-electron chi connectivity index (χ4n) is 2.92. The molecule has 0 bridgehead atoms. The van der Waals surface area contributed by atoms with Crippen molar-refractivity contribution in [3.8, 4) is 0 Å². The van der Waals surface area contributed by atoms with Gasteiger partial charge >= 0.3 is 6.18 Å². The number of nitrogens with one attached hydrogen (secondary N) is 1. The normalized spacial score (nSPS) is 17.3. The standard InChI is InChI=1S/C19H16F4N2O2/c20-16-4-2-1-3-12(16)10-25-11-13(9-17(25)26)18(27)24-15-7-5-14(6-8-15)19(21,22)23/h1-8,13H,9-11H2,(H,24,27). The number of likely N-dealkylation sites (tertiary alicyclic amines) is 1. The summed E-state index contributed by atoms with van der Waals surface area (Å²) in [7, 11) is 0. The van der Waals surface area contributed by atoms with Gasteiger partial charge in [0, 0.05) is 30.8 Å². The first-order chi connectivity index (χ1) is 12.7. The Morgan fingerprint density at radius 3 is 2.41 bits per heavy atom. The van der Waals surface area contributed by atoms with Gasteiger partial charge in [0.1, 0.15) is 5.82 Å². The summed E-state index contributed by atoms with van der Waals surface area (Å²) in [5.41, 5.74) is -0.241. The smallest absolute Gasteiger partial charge is 0.337 e. The maximum absolute atomic E-state index is 13.7. The van der Waals surface area contributed by atoms with E-state index in [-0.39, 0.29) is 31.1 Å². The number of amides is 2. The monoisotopic (exact) mass is 380 g/mol. The first kappa shape index (κ1) is 18.9. The third-order valence-electron chi connectivity index (χ3n) is 4.38. The van der Waals surface area contributed by atoms with Crippen molar-refractivity contribution in [3.63, 3.8) is 0 Å². The van der Waals surface area contributed by atoms with Gasteiger partial charge in [-0.25, -0.2) is 4.39 Å². The van der Waals surface area contributed by atoms with Crippen LogP contribution in [0.1, 0.15) is 17.5 Å². The zero-order chi connectivity index (χ0) is 19.6. The zero-order valence-electron chi connectivity index (χ0n) is 14.1. The molecule has 27 heavy (non-hydrogen) atoms. The molecule has 0 aliphatic carbocycles. The Morgan fingerprint density at radius 2 is 1.78 bits per heavy atom. The minimum atomic E-state index is -4.45. The number of nitrogens with zero attached hydrogens (tertiary/aromatic N) is 1. The van der Waals surface area contributed by atoms with Crippen molar-refractivity contribution in [2.75, 3.05) is 11.9 Å². The van der Waals surface area contributed by atoms with Gasteiger partial charge in [-0.3, -0.25) is 9.59 Å². The Labute approximate surface area is 152 Å². The molecule has 1 aliphatic rings. The number of alkyl halides is 3. The lowest BCUT2D eigenvalue weighted by atomic mass is 10.1. The van der Waals surface area contributed by atoms with E-state index in [0.717, 1.165) is 24.3 Å². The molecule has 1 heterocycles. The lowest BCUT2D eigenvalue weighted by Crippen LogP contribution is -2.28. The summed E-state index contributed by atoms with van der Waals surface area (Å²) in [4.78, 5) is 25.8. The van der Waals surface area contributed by atoms with Crippen LogP contribution >= 0.6 is 0 Å². The summed E-state index contributed by atoms with van der Waals surface area (Å²) >= 11 is 0.